The van der Waals surface area contributed by atoms with Crippen LogP contribution in [0.1, 0.15) is 304 Å². The number of esters is 3. The van der Waals surface area contributed by atoms with Crippen LogP contribution in [0, 0.1) is 11.8 Å². The summed E-state index contributed by atoms with van der Waals surface area (Å²) in [6.45, 7) is 11.4. The van der Waals surface area contributed by atoms with Gasteiger partial charge in [-0.3, -0.25) is 14.4 Å². The standard InChI is InChI=1S/C55H106O6/c1-6-7-8-9-10-11-18-25-30-35-40-45-53(56)59-48-52(49-60-54(57)46-41-36-31-26-22-17-20-24-29-34-39-44-51(4)5)61-55(58)47-42-37-32-27-21-16-14-12-13-15-19-23-28-33-38-43-50(2)3/h50-52H,6-49H2,1-5H3/t52-/m1/s1. The number of unbranched alkanes of at least 4 members (excludes halogenated alkanes) is 34. The molecule has 0 amide bonds. The van der Waals surface area contributed by atoms with E-state index >= 15 is 0 Å². The van der Waals surface area contributed by atoms with Crippen molar-refractivity contribution >= 4 is 17.9 Å². The van der Waals surface area contributed by atoms with Gasteiger partial charge < -0.3 is 14.2 Å². The van der Waals surface area contributed by atoms with Crippen molar-refractivity contribution in [2.45, 2.75) is 310 Å². The highest BCUT2D eigenvalue weighted by Gasteiger charge is 2.19. The first-order valence-corrected chi connectivity index (χ1v) is 27.2. The molecule has 0 spiro atoms. The summed E-state index contributed by atoms with van der Waals surface area (Å²) in [5, 5.41) is 0. The molecule has 0 heterocycles. The van der Waals surface area contributed by atoms with Crippen molar-refractivity contribution in [1.29, 1.82) is 0 Å². The van der Waals surface area contributed by atoms with Crippen molar-refractivity contribution in [3.8, 4) is 0 Å². The Bertz CT molecular complexity index is 931. The number of rotatable bonds is 49. The van der Waals surface area contributed by atoms with Crippen LogP contribution in [0.25, 0.3) is 0 Å². The zero-order valence-corrected chi connectivity index (χ0v) is 41.8. The predicted octanol–water partition coefficient (Wildman–Crippen LogP) is 17.7. The van der Waals surface area contributed by atoms with E-state index in [1.807, 2.05) is 0 Å². The Hall–Kier alpha value is -1.59. The fourth-order valence-electron chi connectivity index (χ4n) is 8.34. The Morgan fingerprint density at radius 3 is 0.803 bits per heavy atom. The average Bonchev–Trinajstić information content (AvgIpc) is 3.23. The summed E-state index contributed by atoms with van der Waals surface area (Å²) >= 11 is 0. The highest BCUT2D eigenvalue weighted by Crippen LogP contribution is 2.18. The van der Waals surface area contributed by atoms with E-state index in [4.69, 9.17) is 14.2 Å². The van der Waals surface area contributed by atoms with Crippen molar-refractivity contribution in [2.24, 2.45) is 11.8 Å². The third kappa shape index (κ3) is 49.3. The van der Waals surface area contributed by atoms with Crippen molar-refractivity contribution in [3.05, 3.63) is 0 Å². The van der Waals surface area contributed by atoms with Gasteiger partial charge in [-0.1, -0.05) is 266 Å². The maximum Gasteiger partial charge on any atom is 0.306 e. The van der Waals surface area contributed by atoms with E-state index < -0.39 is 6.10 Å². The second kappa shape index (κ2) is 47.9. The Balaban J connectivity index is 4.28. The molecule has 0 aliphatic carbocycles. The van der Waals surface area contributed by atoms with E-state index in [0.29, 0.717) is 19.3 Å². The Morgan fingerprint density at radius 1 is 0.311 bits per heavy atom. The van der Waals surface area contributed by atoms with Crippen LogP contribution in [-0.2, 0) is 28.6 Å². The van der Waals surface area contributed by atoms with Crippen LogP contribution in [-0.4, -0.2) is 37.2 Å². The predicted molar refractivity (Wildman–Crippen MR) is 261 cm³/mol. The smallest absolute Gasteiger partial charge is 0.306 e. The lowest BCUT2D eigenvalue weighted by molar-refractivity contribution is -0.167. The first-order valence-electron chi connectivity index (χ1n) is 27.2. The van der Waals surface area contributed by atoms with Gasteiger partial charge in [0.15, 0.2) is 6.10 Å². The molecule has 0 rings (SSSR count). The van der Waals surface area contributed by atoms with Crippen LogP contribution < -0.4 is 0 Å². The second-order valence-electron chi connectivity index (χ2n) is 19.8. The maximum atomic E-state index is 12.8. The zero-order chi connectivity index (χ0) is 44.7. The fraction of sp³-hybridized carbons (Fsp3) is 0.945. The maximum absolute atomic E-state index is 12.8. The van der Waals surface area contributed by atoms with Crippen LogP contribution in [0.3, 0.4) is 0 Å². The van der Waals surface area contributed by atoms with Gasteiger partial charge in [0.1, 0.15) is 13.2 Å². The number of hydrogen-bond donors (Lipinski definition) is 0. The lowest BCUT2D eigenvalue weighted by Crippen LogP contribution is -2.30. The van der Waals surface area contributed by atoms with Crippen LogP contribution in [0.4, 0.5) is 0 Å². The minimum absolute atomic E-state index is 0.0632. The molecular formula is C55H106O6. The van der Waals surface area contributed by atoms with Crippen molar-refractivity contribution in [3.63, 3.8) is 0 Å². The minimum atomic E-state index is -0.761. The van der Waals surface area contributed by atoms with Gasteiger partial charge in [0.05, 0.1) is 0 Å². The Labute approximate surface area is 380 Å². The number of carbonyl (C=O) groups excluding carboxylic acids is 3. The molecule has 0 saturated carbocycles. The van der Waals surface area contributed by atoms with E-state index in [9.17, 15) is 14.4 Å². The lowest BCUT2D eigenvalue weighted by Gasteiger charge is -2.18. The topological polar surface area (TPSA) is 78.9 Å². The molecule has 1 atom stereocenters. The van der Waals surface area contributed by atoms with Gasteiger partial charge >= 0.3 is 17.9 Å². The molecule has 0 aromatic rings. The largest absolute Gasteiger partial charge is 0.462 e. The molecule has 61 heavy (non-hydrogen) atoms. The molecule has 0 aromatic heterocycles. The van der Waals surface area contributed by atoms with E-state index in [-0.39, 0.29) is 31.1 Å². The summed E-state index contributed by atoms with van der Waals surface area (Å²) in [6.07, 6.45) is 49.5. The van der Waals surface area contributed by atoms with Gasteiger partial charge in [0.25, 0.3) is 0 Å². The van der Waals surface area contributed by atoms with Crippen LogP contribution >= 0.6 is 0 Å². The first-order chi connectivity index (χ1) is 29.7. The molecule has 362 valence electrons. The molecule has 0 aromatic carbocycles. The summed E-state index contributed by atoms with van der Waals surface area (Å²) in [6, 6.07) is 0. The normalized spacial score (nSPS) is 12.0. The third-order valence-electron chi connectivity index (χ3n) is 12.5. The number of hydrogen-bond acceptors (Lipinski definition) is 6. The minimum Gasteiger partial charge on any atom is -0.462 e. The zero-order valence-electron chi connectivity index (χ0n) is 41.8. The molecule has 0 unspecified atom stereocenters. The number of ether oxygens (including phenoxy) is 3. The van der Waals surface area contributed by atoms with Gasteiger partial charge in [0.2, 0.25) is 0 Å². The summed E-state index contributed by atoms with van der Waals surface area (Å²) in [4.78, 5) is 38.0. The first kappa shape index (κ1) is 59.4. The van der Waals surface area contributed by atoms with Crippen molar-refractivity contribution < 1.29 is 28.6 Å². The summed E-state index contributed by atoms with van der Waals surface area (Å²) in [5.74, 6) is 0.830. The van der Waals surface area contributed by atoms with Gasteiger partial charge in [-0.25, -0.2) is 0 Å². The average molecular weight is 863 g/mol. The Morgan fingerprint density at radius 2 is 0.541 bits per heavy atom. The van der Waals surface area contributed by atoms with Crippen LogP contribution in [0.15, 0.2) is 0 Å². The summed E-state index contributed by atoms with van der Waals surface area (Å²) in [5.41, 5.74) is 0. The molecule has 0 N–H and O–H groups in total. The van der Waals surface area contributed by atoms with E-state index in [1.54, 1.807) is 0 Å². The Kier molecular flexibility index (Phi) is 46.6. The van der Waals surface area contributed by atoms with Gasteiger partial charge in [0, 0.05) is 19.3 Å². The molecule has 0 radical (unpaired) electrons. The van der Waals surface area contributed by atoms with E-state index in [2.05, 4.69) is 34.6 Å². The van der Waals surface area contributed by atoms with Crippen molar-refractivity contribution in [1.82, 2.24) is 0 Å². The number of carbonyl (C=O) groups is 3. The molecule has 6 nitrogen and oxygen atoms in total. The van der Waals surface area contributed by atoms with E-state index in [0.717, 1.165) is 69.6 Å². The van der Waals surface area contributed by atoms with Gasteiger partial charge in [-0.15, -0.1) is 0 Å². The molecule has 6 heteroatoms. The van der Waals surface area contributed by atoms with Crippen LogP contribution in [0.5, 0.6) is 0 Å². The summed E-state index contributed by atoms with van der Waals surface area (Å²) in [7, 11) is 0. The fourth-order valence-corrected chi connectivity index (χ4v) is 8.34. The highest BCUT2D eigenvalue weighted by molar-refractivity contribution is 5.71. The summed E-state index contributed by atoms with van der Waals surface area (Å²) < 4.78 is 16.8. The molecule has 0 aliphatic rings. The molecular weight excluding hydrogens is 757 g/mol. The monoisotopic (exact) mass is 863 g/mol. The van der Waals surface area contributed by atoms with Crippen LogP contribution in [0.2, 0.25) is 0 Å². The molecule has 0 fully saturated rings. The van der Waals surface area contributed by atoms with Gasteiger partial charge in [-0.05, 0) is 31.1 Å². The van der Waals surface area contributed by atoms with Gasteiger partial charge in [-0.2, -0.15) is 0 Å². The second-order valence-corrected chi connectivity index (χ2v) is 19.8. The molecule has 0 bridgehead atoms. The van der Waals surface area contributed by atoms with Crippen molar-refractivity contribution in [2.75, 3.05) is 13.2 Å². The third-order valence-corrected chi connectivity index (χ3v) is 12.5. The SMILES string of the molecule is CCCCCCCCCCCCCC(=O)OC[C@H](COC(=O)CCCCCCCCCCCCCC(C)C)OC(=O)CCCCCCCCCCCCCCCCCC(C)C. The molecule has 0 saturated heterocycles. The highest BCUT2D eigenvalue weighted by atomic mass is 16.6. The quantitative estimate of drug-likeness (QED) is 0.0344. The lowest BCUT2D eigenvalue weighted by atomic mass is 10.0. The molecule has 0 aliphatic heterocycles. The van der Waals surface area contributed by atoms with E-state index in [1.165, 1.54) is 193 Å².